The summed E-state index contributed by atoms with van der Waals surface area (Å²) in [6.07, 6.45) is 3.37. The fraction of sp³-hybridized carbons (Fsp3) is 0.231. The molecule has 1 N–H and O–H groups in total. The summed E-state index contributed by atoms with van der Waals surface area (Å²) in [5, 5.41) is 0. The average Bonchev–Trinajstić information content (AvgIpc) is 3.06. The Balaban J connectivity index is 1.65. The van der Waals surface area contributed by atoms with Crippen LogP contribution in [0.5, 0.6) is 11.5 Å². The molecule has 0 aliphatic rings. The molecular weight excluding hydrogens is 580 g/mol. The lowest BCUT2D eigenvalue weighted by Gasteiger charge is -2.25. The van der Waals surface area contributed by atoms with E-state index in [2.05, 4.69) is 74.5 Å². The molecule has 0 heterocycles. The normalized spacial score (nSPS) is 11.5. The first-order chi connectivity index (χ1) is 21.8. The van der Waals surface area contributed by atoms with Gasteiger partial charge >= 0.3 is 0 Å². The first-order valence-corrected chi connectivity index (χ1v) is 16.7. The van der Waals surface area contributed by atoms with Crippen LogP contribution in [0, 0.1) is 0 Å². The minimum absolute atomic E-state index is 0.152. The Morgan fingerprint density at radius 1 is 0.578 bits per heavy atom. The highest BCUT2D eigenvalue weighted by molar-refractivity contribution is 7.85. The molecule has 0 saturated heterocycles. The Hall–Kier alpha value is -4.39. The number of rotatable bonds is 12. The zero-order valence-corrected chi connectivity index (χ0v) is 27.1. The molecule has 0 bridgehead atoms. The number of ether oxygens (including phenoxy) is 2. The van der Waals surface area contributed by atoms with Crippen LogP contribution in [-0.4, -0.2) is 27.2 Å². The zero-order chi connectivity index (χ0) is 32.0. The minimum Gasteiger partial charge on any atom is -0.496 e. The van der Waals surface area contributed by atoms with Gasteiger partial charge in [0.2, 0.25) is 0 Å². The molecular formula is C39H40O5S. The first-order valence-electron chi connectivity index (χ1n) is 15.3. The molecule has 0 saturated carbocycles. The quantitative estimate of drug-likeness (QED) is 0.112. The summed E-state index contributed by atoms with van der Waals surface area (Å²) in [5.74, 6) is 0.640. The molecule has 0 aliphatic heterocycles. The van der Waals surface area contributed by atoms with Crippen LogP contribution in [0.3, 0.4) is 0 Å². The summed E-state index contributed by atoms with van der Waals surface area (Å²) in [4.78, 5) is -0.152. The molecule has 0 unspecified atom stereocenters. The maximum absolute atomic E-state index is 12.7. The van der Waals surface area contributed by atoms with Gasteiger partial charge in [-0.1, -0.05) is 105 Å². The van der Waals surface area contributed by atoms with E-state index in [4.69, 9.17) is 9.47 Å². The lowest BCUT2D eigenvalue weighted by Crippen LogP contribution is -2.13. The van der Waals surface area contributed by atoms with Crippen molar-refractivity contribution in [3.05, 3.63) is 159 Å². The van der Waals surface area contributed by atoms with E-state index in [0.29, 0.717) is 17.1 Å². The Morgan fingerprint density at radius 3 is 1.42 bits per heavy atom. The summed E-state index contributed by atoms with van der Waals surface area (Å²) in [7, 11) is -1.28. The van der Waals surface area contributed by atoms with Crippen molar-refractivity contribution >= 4 is 10.1 Å². The monoisotopic (exact) mass is 620 g/mol. The van der Waals surface area contributed by atoms with Crippen LogP contribution < -0.4 is 9.47 Å². The Kier molecular flexibility index (Phi) is 10.1. The maximum atomic E-state index is 12.7. The van der Waals surface area contributed by atoms with Crippen LogP contribution in [0.4, 0.5) is 0 Å². The summed E-state index contributed by atoms with van der Waals surface area (Å²) in [6, 6.07) is 35.6. The van der Waals surface area contributed by atoms with Gasteiger partial charge in [-0.05, 0) is 82.8 Å². The third kappa shape index (κ3) is 7.14. The van der Waals surface area contributed by atoms with E-state index in [0.717, 1.165) is 47.9 Å². The zero-order valence-electron chi connectivity index (χ0n) is 26.3. The van der Waals surface area contributed by atoms with E-state index in [-0.39, 0.29) is 4.90 Å². The molecule has 45 heavy (non-hydrogen) atoms. The predicted octanol–water partition coefficient (Wildman–Crippen LogP) is 8.44. The topological polar surface area (TPSA) is 72.8 Å². The van der Waals surface area contributed by atoms with Crippen molar-refractivity contribution in [3.8, 4) is 11.5 Å². The van der Waals surface area contributed by atoms with Gasteiger partial charge in [-0.15, -0.1) is 0 Å². The summed E-state index contributed by atoms with van der Waals surface area (Å²) >= 11 is 0. The molecule has 0 atom stereocenters. The highest BCUT2D eigenvalue weighted by Crippen LogP contribution is 2.44. The predicted molar refractivity (Wildman–Crippen MR) is 180 cm³/mol. The second kappa shape index (κ2) is 14.1. The van der Waals surface area contributed by atoms with Crippen molar-refractivity contribution in [1.82, 2.24) is 0 Å². The van der Waals surface area contributed by atoms with Gasteiger partial charge in [0.25, 0.3) is 10.1 Å². The van der Waals surface area contributed by atoms with Crippen molar-refractivity contribution in [3.63, 3.8) is 0 Å². The fourth-order valence-corrected chi connectivity index (χ4v) is 6.99. The van der Waals surface area contributed by atoms with Crippen LogP contribution in [0.25, 0.3) is 0 Å². The summed E-state index contributed by atoms with van der Waals surface area (Å²) in [5.41, 5.74) is 9.23. The third-order valence-corrected chi connectivity index (χ3v) is 9.44. The van der Waals surface area contributed by atoms with Gasteiger partial charge in [0, 0.05) is 17.0 Å². The molecule has 0 aliphatic carbocycles. The van der Waals surface area contributed by atoms with Gasteiger partial charge in [0.15, 0.2) is 0 Å². The second-order valence-corrected chi connectivity index (χ2v) is 12.6. The molecule has 5 nitrogen and oxygen atoms in total. The molecule has 5 aromatic carbocycles. The SMILES string of the molecule is CCc1ccccc1Cc1ccc(C(c2ccc(Cc3ccccc3CC)cc2OC)c2ccccc2S(=O)(=O)O)c(OC)c1. The van der Waals surface area contributed by atoms with Gasteiger partial charge in [0.05, 0.1) is 19.1 Å². The standard InChI is InChI=1S/C39H40O5S/c1-5-29-13-7-9-15-31(29)23-27-19-21-33(36(25-27)43-3)39(35-17-11-12-18-38(35)45(40,41)42)34-22-20-28(26-37(34)44-4)24-32-16-10-8-14-30(32)6-2/h7-22,25-26,39H,5-6,23-24H2,1-4H3,(H,40,41,42). The highest BCUT2D eigenvalue weighted by Gasteiger charge is 2.29. The van der Waals surface area contributed by atoms with Crippen LogP contribution in [0.1, 0.15) is 69.8 Å². The fourth-order valence-electron chi connectivity index (χ4n) is 6.25. The van der Waals surface area contributed by atoms with Crippen molar-refractivity contribution in [2.75, 3.05) is 14.2 Å². The molecule has 0 aromatic heterocycles. The molecule has 232 valence electrons. The van der Waals surface area contributed by atoms with Crippen LogP contribution in [0.15, 0.2) is 114 Å². The van der Waals surface area contributed by atoms with Gasteiger partial charge in [-0.2, -0.15) is 8.42 Å². The molecule has 0 fully saturated rings. The van der Waals surface area contributed by atoms with Crippen molar-refractivity contribution in [2.24, 2.45) is 0 Å². The number of hydrogen-bond acceptors (Lipinski definition) is 4. The summed E-state index contributed by atoms with van der Waals surface area (Å²) in [6.45, 7) is 4.31. The van der Waals surface area contributed by atoms with E-state index in [1.54, 1.807) is 32.4 Å². The molecule has 5 aromatic rings. The van der Waals surface area contributed by atoms with E-state index in [9.17, 15) is 13.0 Å². The Bertz CT molecular complexity index is 1790. The van der Waals surface area contributed by atoms with Crippen molar-refractivity contribution in [2.45, 2.75) is 50.3 Å². The van der Waals surface area contributed by atoms with Crippen molar-refractivity contribution < 1.29 is 22.4 Å². The number of benzene rings is 5. The lowest BCUT2D eigenvalue weighted by molar-refractivity contribution is 0.401. The number of hydrogen-bond donors (Lipinski definition) is 1. The molecule has 5 rings (SSSR count). The van der Waals surface area contributed by atoms with E-state index < -0.39 is 16.0 Å². The minimum atomic E-state index is -4.53. The molecule has 0 amide bonds. The van der Waals surface area contributed by atoms with Gasteiger partial charge in [-0.25, -0.2) is 0 Å². The van der Waals surface area contributed by atoms with E-state index >= 15 is 0 Å². The van der Waals surface area contributed by atoms with E-state index in [1.165, 1.54) is 28.3 Å². The highest BCUT2D eigenvalue weighted by atomic mass is 32.2. The molecule has 6 heteroatoms. The van der Waals surface area contributed by atoms with E-state index in [1.807, 2.05) is 24.3 Å². The smallest absolute Gasteiger partial charge is 0.294 e. The van der Waals surface area contributed by atoms with Gasteiger partial charge in [0.1, 0.15) is 11.5 Å². The third-order valence-electron chi connectivity index (χ3n) is 8.51. The van der Waals surface area contributed by atoms with Gasteiger partial charge < -0.3 is 9.47 Å². The first kappa shape index (κ1) is 32.0. The number of methoxy groups -OCH3 is 2. The largest absolute Gasteiger partial charge is 0.496 e. The van der Waals surface area contributed by atoms with Crippen LogP contribution in [0.2, 0.25) is 0 Å². The van der Waals surface area contributed by atoms with Gasteiger partial charge in [-0.3, -0.25) is 4.55 Å². The molecule has 0 radical (unpaired) electrons. The Labute approximate surface area is 267 Å². The average molecular weight is 621 g/mol. The lowest BCUT2D eigenvalue weighted by atomic mass is 9.82. The second-order valence-electron chi connectivity index (χ2n) is 11.2. The number of aryl methyl sites for hydroxylation is 2. The summed E-state index contributed by atoms with van der Waals surface area (Å²) < 4.78 is 47.6. The van der Waals surface area contributed by atoms with Crippen LogP contribution in [-0.2, 0) is 35.8 Å². The molecule has 0 spiro atoms. The Morgan fingerprint density at radius 2 is 1.00 bits per heavy atom. The maximum Gasteiger partial charge on any atom is 0.294 e. The van der Waals surface area contributed by atoms with Crippen molar-refractivity contribution in [1.29, 1.82) is 0 Å². The van der Waals surface area contributed by atoms with Crippen LogP contribution >= 0.6 is 0 Å².